The largest absolute Gasteiger partial charge is 0.481 e. The number of fused-ring (bicyclic) bond motifs is 1. The van der Waals surface area contributed by atoms with Crippen LogP contribution >= 0.6 is 0 Å². The van der Waals surface area contributed by atoms with Crippen molar-refractivity contribution in [1.29, 1.82) is 0 Å². The fourth-order valence-electron chi connectivity index (χ4n) is 3.92. The van der Waals surface area contributed by atoms with Crippen molar-refractivity contribution in [1.82, 2.24) is 0 Å². The Bertz CT molecular complexity index is 474. The van der Waals surface area contributed by atoms with Gasteiger partial charge in [-0.3, -0.25) is 4.79 Å². The number of carboxylic acid groups (broad SMARTS) is 1. The smallest absolute Gasteiger partial charge is 0.306 e. The minimum Gasteiger partial charge on any atom is -0.481 e. The van der Waals surface area contributed by atoms with E-state index in [0.29, 0.717) is 18.8 Å². The van der Waals surface area contributed by atoms with Gasteiger partial charge in [0.1, 0.15) is 6.17 Å². The third-order valence-corrected chi connectivity index (χ3v) is 5.13. The molecular weight excluding hydrogens is 299 g/mol. The van der Waals surface area contributed by atoms with Crippen LogP contribution in [0, 0.1) is 17.8 Å². The fourth-order valence-corrected chi connectivity index (χ4v) is 3.92. The van der Waals surface area contributed by atoms with E-state index in [1.54, 1.807) is 0 Å². The van der Waals surface area contributed by atoms with Gasteiger partial charge in [-0.2, -0.15) is 0 Å². The van der Waals surface area contributed by atoms with Crippen molar-refractivity contribution in [3.8, 4) is 0 Å². The fraction of sp³-hybridized carbons (Fsp3) is 0.722. The number of halogens is 1. The number of carbonyl (C=O) groups is 1. The molecule has 1 unspecified atom stereocenters. The molecule has 0 saturated heterocycles. The molecule has 0 aromatic heterocycles. The highest BCUT2D eigenvalue weighted by atomic mass is 19.1. The lowest BCUT2D eigenvalue weighted by Gasteiger charge is -2.40. The Morgan fingerprint density at radius 3 is 2.91 bits per heavy atom. The van der Waals surface area contributed by atoms with Crippen molar-refractivity contribution in [2.24, 2.45) is 17.8 Å². The van der Waals surface area contributed by atoms with Crippen LogP contribution in [0.5, 0.6) is 0 Å². The number of hydrogen-bond acceptors (Lipinski definition) is 3. The molecule has 2 rings (SSSR count). The van der Waals surface area contributed by atoms with Crippen molar-refractivity contribution in [2.45, 2.75) is 63.8 Å². The van der Waals surface area contributed by atoms with Crippen LogP contribution in [-0.2, 0) is 4.79 Å². The molecule has 0 saturated carbocycles. The minimum atomic E-state index is -1.51. The Morgan fingerprint density at radius 2 is 2.22 bits per heavy atom. The van der Waals surface area contributed by atoms with E-state index in [-0.39, 0.29) is 24.4 Å². The molecular formula is C18H27FO4. The number of hydrogen-bond donors (Lipinski definition) is 3. The molecule has 0 aliphatic heterocycles. The van der Waals surface area contributed by atoms with Gasteiger partial charge in [-0.05, 0) is 43.1 Å². The van der Waals surface area contributed by atoms with Crippen LogP contribution in [0.25, 0.3) is 0 Å². The average molecular weight is 326 g/mol. The number of alkyl halides is 1. The standard InChI is InChI=1S/C18H27FO4/c1-11-5-6-12-3-2-4-16(21)18(12)15(11)8-7-14(20)9-13(19)10-17(22)23/h3,5-6,11,13-16,18,20-21H,2,4,7-10H2,1H3,(H,22,23)/t11-,13-,14+,15-,16-,18?/m0/s1. The van der Waals surface area contributed by atoms with Crippen LogP contribution in [0.15, 0.2) is 23.8 Å². The third kappa shape index (κ3) is 4.88. The second-order valence-corrected chi connectivity index (χ2v) is 6.92. The second-order valence-electron chi connectivity index (χ2n) is 6.92. The maximum atomic E-state index is 13.5. The van der Waals surface area contributed by atoms with Gasteiger partial charge in [0.25, 0.3) is 0 Å². The van der Waals surface area contributed by atoms with Gasteiger partial charge in [-0.1, -0.05) is 25.2 Å². The van der Waals surface area contributed by atoms with Crippen molar-refractivity contribution >= 4 is 5.97 Å². The predicted octanol–water partition coefficient (Wildman–Crippen LogP) is 2.85. The highest BCUT2D eigenvalue weighted by molar-refractivity contribution is 5.67. The molecule has 0 spiro atoms. The summed E-state index contributed by atoms with van der Waals surface area (Å²) in [5, 5.41) is 28.9. The number of rotatable bonds is 7. The number of aliphatic hydroxyl groups excluding tert-OH is 2. The summed E-state index contributed by atoms with van der Waals surface area (Å²) in [6, 6.07) is 0. The molecule has 4 nitrogen and oxygen atoms in total. The predicted molar refractivity (Wildman–Crippen MR) is 85.6 cm³/mol. The highest BCUT2D eigenvalue weighted by Crippen LogP contribution is 2.42. The van der Waals surface area contributed by atoms with Crippen LogP contribution in [0.1, 0.15) is 45.4 Å². The second kappa shape index (κ2) is 8.06. The van der Waals surface area contributed by atoms with Crippen LogP contribution in [0.4, 0.5) is 4.39 Å². The zero-order chi connectivity index (χ0) is 17.0. The summed E-state index contributed by atoms with van der Waals surface area (Å²) in [7, 11) is 0. The van der Waals surface area contributed by atoms with Gasteiger partial charge in [0, 0.05) is 12.3 Å². The summed E-state index contributed by atoms with van der Waals surface area (Å²) in [5.74, 6) is -0.557. The molecule has 0 aromatic rings. The molecule has 6 atom stereocenters. The van der Waals surface area contributed by atoms with Gasteiger partial charge >= 0.3 is 5.97 Å². The molecule has 0 fully saturated rings. The molecule has 23 heavy (non-hydrogen) atoms. The number of aliphatic hydroxyl groups is 2. The van der Waals surface area contributed by atoms with Gasteiger partial charge in [0.15, 0.2) is 0 Å². The Kier molecular flexibility index (Phi) is 6.36. The van der Waals surface area contributed by atoms with Crippen molar-refractivity contribution < 1.29 is 24.5 Å². The number of allylic oxidation sites excluding steroid dienone is 3. The summed E-state index contributed by atoms with van der Waals surface area (Å²) in [6.45, 7) is 2.11. The normalized spacial score (nSPS) is 32.8. The Balaban J connectivity index is 1.90. The first kappa shape index (κ1) is 18.1. The molecule has 2 aliphatic rings. The number of aliphatic carboxylic acids is 1. The molecule has 0 amide bonds. The lowest BCUT2D eigenvalue weighted by atomic mass is 9.66. The molecule has 130 valence electrons. The topological polar surface area (TPSA) is 77.8 Å². The molecule has 5 heteroatoms. The maximum absolute atomic E-state index is 13.5. The van der Waals surface area contributed by atoms with E-state index in [4.69, 9.17) is 5.11 Å². The summed E-state index contributed by atoms with van der Waals surface area (Å²) >= 11 is 0. The van der Waals surface area contributed by atoms with E-state index in [1.807, 2.05) is 0 Å². The Morgan fingerprint density at radius 1 is 1.48 bits per heavy atom. The van der Waals surface area contributed by atoms with Gasteiger partial charge < -0.3 is 15.3 Å². The van der Waals surface area contributed by atoms with E-state index < -0.39 is 24.7 Å². The van der Waals surface area contributed by atoms with E-state index in [1.165, 1.54) is 5.57 Å². The van der Waals surface area contributed by atoms with Gasteiger partial charge in [0.2, 0.25) is 0 Å². The maximum Gasteiger partial charge on any atom is 0.306 e. The Hall–Kier alpha value is -1.20. The number of carboxylic acids is 1. The van der Waals surface area contributed by atoms with Crippen LogP contribution in [0.2, 0.25) is 0 Å². The van der Waals surface area contributed by atoms with Crippen LogP contribution < -0.4 is 0 Å². The lowest BCUT2D eigenvalue weighted by Crippen LogP contribution is -2.37. The first-order valence-corrected chi connectivity index (χ1v) is 8.48. The highest BCUT2D eigenvalue weighted by Gasteiger charge is 2.37. The van der Waals surface area contributed by atoms with E-state index in [2.05, 4.69) is 25.2 Å². The van der Waals surface area contributed by atoms with Crippen molar-refractivity contribution in [3.63, 3.8) is 0 Å². The monoisotopic (exact) mass is 326 g/mol. The molecule has 2 aliphatic carbocycles. The summed E-state index contributed by atoms with van der Waals surface area (Å²) in [6.07, 6.45) is 5.78. The lowest BCUT2D eigenvalue weighted by molar-refractivity contribution is -0.138. The molecule has 0 heterocycles. The Labute approximate surface area is 136 Å². The summed E-state index contributed by atoms with van der Waals surface area (Å²) < 4.78 is 13.5. The summed E-state index contributed by atoms with van der Waals surface area (Å²) in [4.78, 5) is 10.5. The zero-order valence-corrected chi connectivity index (χ0v) is 13.6. The first-order chi connectivity index (χ1) is 10.9. The molecule has 3 N–H and O–H groups in total. The minimum absolute atomic E-state index is 0.0937. The SMILES string of the molecule is C[C@H]1C=CC2=CCC[C@H](O)C2[C@H]1CC[C@@H](O)C[C@H](F)CC(=O)O. The quantitative estimate of drug-likeness (QED) is 0.672. The summed E-state index contributed by atoms with van der Waals surface area (Å²) in [5.41, 5.74) is 1.18. The van der Waals surface area contributed by atoms with E-state index in [0.717, 1.165) is 12.8 Å². The van der Waals surface area contributed by atoms with E-state index in [9.17, 15) is 19.4 Å². The van der Waals surface area contributed by atoms with Gasteiger partial charge in [-0.25, -0.2) is 4.39 Å². The van der Waals surface area contributed by atoms with Crippen molar-refractivity contribution in [2.75, 3.05) is 0 Å². The average Bonchev–Trinajstić information content (AvgIpc) is 2.45. The third-order valence-electron chi connectivity index (χ3n) is 5.13. The molecule has 0 bridgehead atoms. The van der Waals surface area contributed by atoms with Crippen LogP contribution in [0.3, 0.4) is 0 Å². The molecule has 0 radical (unpaired) electrons. The van der Waals surface area contributed by atoms with Crippen molar-refractivity contribution in [3.05, 3.63) is 23.8 Å². The molecule has 0 aromatic carbocycles. The van der Waals surface area contributed by atoms with Gasteiger partial charge in [0.05, 0.1) is 18.6 Å². The first-order valence-electron chi connectivity index (χ1n) is 8.48. The zero-order valence-electron chi connectivity index (χ0n) is 13.6. The van der Waals surface area contributed by atoms with Gasteiger partial charge in [-0.15, -0.1) is 0 Å². The van der Waals surface area contributed by atoms with Crippen LogP contribution in [-0.4, -0.2) is 39.7 Å². The van der Waals surface area contributed by atoms with E-state index >= 15 is 0 Å².